The second-order valence-electron chi connectivity index (χ2n) is 7.81. The lowest BCUT2D eigenvalue weighted by molar-refractivity contribution is 0.122. The summed E-state index contributed by atoms with van der Waals surface area (Å²) >= 11 is 1.89. The number of hydrogen-bond acceptors (Lipinski definition) is 9. The highest BCUT2D eigenvalue weighted by molar-refractivity contribution is 7.19. The molecule has 9 heteroatoms. The van der Waals surface area contributed by atoms with Gasteiger partial charge in [-0.05, 0) is 18.6 Å². The van der Waals surface area contributed by atoms with Crippen LogP contribution in [0.1, 0.15) is 10.4 Å². The molecule has 0 bridgehead atoms. The fourth-order valence-corrected chi connectivity index (χ4v) is 5.42. The lowest BCUT2D eigenvalue weighted by Gasteiger charge is -2.28. The predicted octanol–water partition coefficient (Wildman–Crippen LogP) is 1.89. The lowest BCUT2D eigenvalue weighted by Crippen LogP contribution is -2.42. The number of fused-ring (bicyclic) bond motifs is 1. The minimum atomic E-state index is 0.276. The Morgan fingerprint density at radius 2 is 1.87 bits per heavy atom. The van der Waals surface area contributed by atoms with Gasteiger partial charge >= 0.3 is 0 Å². The first-order valence-electron chi connectivity index (χ1n) is 10.5. The Morgan fingerprint density at radius 1 is 1.13 bits per heavy atom. The number of morpholine rings is 1. The highest BCUT2D eigenvalue weighted by Crippen LogP contribution is 2.39. The van der Waals surface area contributed by atoms with Gasteiger partial charge in [0.15, 0.2) is 0 Å². The number of aromatic nitrogens is 3. The monoisotopic (exact) mass is 425 g/mol. The summed E-state index contributed by atoms with van der Waals surface area (Å²) in [7, 11) is 0. The van der Waals surface area contributed by atoms with Gasteiger partial charge < -0.3 is 20.7 Å². The number of anilines is 2. The number of piperazine rings is 1. The number of nitrogens with one attached hydrogen (secondary N) is 1. The van der Waals surface area contributed by atoms with Gasteiger partial charge in [0.2, 0.25) is 5.95 Å². The predicted molar refractivity (Wildman–Crippen MR) is 121 cm³/mol. The molecule has 5 heterocycles. The molecule has 8 nitrogen and oxygen atoms in total. The number of rotatable bonds is 4. The number of pyridine rings is 1. The number of ether oxygens (including phenoxy) is 1. The molecule has 5 rings (SSSR count). The van der Waals surface area contributed by atoms with Crippen LogP contribution in [0, 0.1) is 6.92 Å². The zero-order valence-corrected chi connectivity index (χ0v) is 18.0. The molecule has 3 N–H and O–H groups in total. The maximum atomic E-state index is 5.69. The molecule has 0 unspecified atom stereocenters. The molecule has 158 valence electrons. The zero-order chi connectivity index (χ0) is 20.5. The van der Waals surface area contributed by atoms with Gasteiger partial charge in [-0.25, -0.2) is 15.0 Å². The molecule has 0 amide bonds. The summed E-state index contributed by atoms with van der Waals surface area (Å²) in [6.45, 7) is 10.7. The smallest absolute Gasteiger partial charge is 0.219 e. The van der Waals surface area contributed by atoms with E-state index in [4.69, 9.17) is 15.5 Å². The molecular weight excluding hydrogens is 398 g/mol. The van der Waals surface area contributed by atoms with Crippen LogP contribution in [0.15, 0.2) is 18.5 Å². The van der Waals surface area contributed by atoms with Crippen LogP contribution in [-0.4, -0.2) is 72.3 Å². The standard InChI is InChI=1S/C21H27N7OS/c1-14-16-10-17(15-11-24-21(22)25-12-15)26-20(28-6-8-29-9-7-28)19(16)30-18(14)13-27-4-2-23-3-5-27/h10-12,23H,2-9,13H2,1H3,(H2,22,24,25). The number of nitrogens with zero attached hydrogens (tertiary/aromatic N) is 5. The first-order valence-corrected chi connectivity index (χ1v) is 11.3. The van der Waals surface area contributed by atoms with E-state index in [1.807, 2.05) is 11.3 Å². The highest BCUT2D eigenvalue weighted by atomic mass is 32.1. The second kappa shape index (κ2) is 8.43. The summed E-state index contributed by atoms with van der Waals surface area (Å²) < 4.78 is 6.84. The summed E-state index contributed by atoms with van der Waals surface area (Å²) in [4.78, 5) is 19.7. The van der Waals surface area contributed by atoms with E-state index in [0.717, 1.165) is 76.1 Å². The van der Waals surface area contributed by atoms with Gasteiger partial charge in [0.1, 0.15) is 5.82 Å². The normalized spacial score (nSPS) is 18.2. The van der Waals surface area contributed by atoms with Gasteiger partial charge in [0.25, 0.3) is 0 Å². The van der Waals surface area contributed by atoms with Crippen LogP contribution in [0.2, 0.25) is 0 Å². The van der Waals surface area contributed by atoms with E-state index in [1.54, 1.807) is 12.4 Å². The quantitative estimate of drug-likeness (QED) is 0.655. The van der Waals surface area contributed by atoms with Crippen molar-refractivity contribution in [3.8, 4) is 11.3 Å². The summed E-state index contributed by atoms with van der Waals surface area (Å²) in [5, 5.41) is 4.71. The summed E-state index contributed by atoms with van der Waals surface area (Å²) in [6, 6.07) is 2.18. The van der Waals surface area contributed by atoms with Crippen LogP contribution in [0.25, 0.3) is 21.3 Å². The third-order valence-electron chi connectivity index (χ3n) is 5.86. The van der Waals surface area contributed by atoms with Crippen molar-refractivity contribution in [2.45, 2.75) is 13.5 Å². The van der Waals surface area contributed by atoms with Gasteiger partial charge in [-0.15, -0.1) is 11.3 Å². The van der Waals surface area contributed by atoms with Crippen molar-refractivity contribution in [3.05, 3.63) is 28.9 Å². The molecule has 2 aliphatic heterocycles. The average Bonchev–Trinajstić information content (AvgIpc) is 3.10. The van der Waals surface area contributed by atoms with Gasteiger partial charge in [-0.2, -0.15) is 0 Å². The minimum absolute atomic E-state index is 0.276. The Hall–Kier alpha value is -2.33. The topological polar surface area (TPSA) is 92.4 Å². The molecule has 0 radical (unpaired) electrons. The molecule has 0 aromatic carbocycles. The van der Waals surface area contributed by atoms with Crippen molar-refractivity contribution in [2.24, 2.45) is 0 Å². The molecule has 2 saturated heterocycles. The molecule has 0 aliphatic carbocycles. The van der Waals surface area contributed by atoms with E-state index in [0.29, 0.717) is 0 Å². The van der Waals surface area contributed by atoms with Crippen molar-refractivity contribution in [3.63, 3.8) is 0 Å². The SMILES string of the molecule is Cc1c(CN2CCNCC2)sc2c(N3CCOCC3)nc(-c3cnc(N)nc3)cc12. The maximum absolute atomic E-state index is 5.69. The van der Waals surface area contributed by atoms with E-state index < -0.39 is 0 Å². The lowest BCUT2D eigenvalue weighted by atomic mass is 10.1. The van der Waals surface area contributed by atoms with Gasteiger partial charge in [-0.3, -0.25) is 4.90 Å². The van der Waals surface area contributed by atoms with Gasteiger partial charge in [-0.1, -0.05) is 0 Å². The van der Waals surface area contributed by atoms with E-state index in [-0.39, 0.29) is 5.95 Å². The fourth-order valence-electron chi connectivity index (χ4n) is 4.08. The molecular formula is C21H27N7OS. The number of aryl methyl sites for hydroxylation is 1. The number of nitrogen functional groups attached to an aromatic ring is 1. The van der Waals surface area contributed by atoms with Crippen LogP contribution in [0.4, 0.5) is 11.8 Å². The number of thiophene rings is 1. The van der Waals surface area contributed by atoms with Crippen LogP contribution < -0.4 is 16.0 Å². The van der Waals surface area contributed by atoms with Crippen molar-refractivity contribution < 1.29 is 4.74 Å². The first-order chi connectivity index (χ1) is 14.7. The van der Waals surface area contributed by atoms with Crippen LogP contribution >= 0.6 is 11.3 Å². The van der Waals surface area contributed by atoms with E-state index >= 15 is 0 Å². The largest absolute Gasteiger partial charge is 0.378 e. The van der Waals surface area contributed by atoms with E-state index in [1.165, 1.54) is 20.5 Å². The molecule has 0 spiro atoms. The summed E-state index contributed by atoms with van der Waals surface area (Å²) in [6.07, 6.45) is 3.51. The average molecular weight is 426 g/mol. The highest BCUT2D eigenvalue weighted by Gasteiger charge is 2.22. The third kappa shape index (κ3) is 3.85. The third-order valence-corrected chi connectivity index (χ3v) is 7.15. The van der Waals surface area contributed by atoms with Gasteiger partial charge in [0.05, 0.1) is 23.6 Å². The molecule has 3 aromatic heterocycles. The Labute approximate surface area is 180 Å². The Kier molecular flexibility index (Phi) is 5.51. The second-order valence-corrected chi connectivity index (χ2v) is 8.92. The van der Waals surface area contributed by atoms with Crippen LogP contribution in [-0.2, 0) is 11.3 Å². The molecule has 2 aliphatic rings. The Bertz CT molecular complexity index is 1020. The molecule has 30 heavy (non-hydrogen) atoms. The van der Waals surface area contributed by atoms with Crippen molar-refractivity contribution in [1.29, 1.82) is 0 Å². The Balaban J connectivity index is 1.59. The number of hydrogen-bond donors (Lipinski definition) is 2. The molecule has 3 aromatic rings. The molecule has 2 fully saturated rings. The van der Waals surface area contributed by atoms with Crippen molar-refractivity contribution in [1.82, 2.24) is 25.2 Å². The van der Waals surface area contributed by atoms with E-state index in [9.17, 15) is 0 Å². The summed E-state index contributed by atoms with van der Waals surface area (Å²) in [5.74, 6) is 1.32. The van der Waals surface area contributed by atoms with E-state index in [2.05, 4.69) is 38.1 Å². The summed E-state index contributed by atoms with van der Waals surface area (Å²) in [5.41, 5.74) is 8.81. The van der Waals surface area contributed by atoms with Gasteiger partial charge in [0, 0.05) is 74.0 Å². The maximum Gasteiger partial charge on any atom is 0.219 e. The number of nitrogens with two attached hydrogens (primary N) is 1. The fraction of sp³-hybridized carbons (Fsp3) is 0.476. The van der Waals surface area contributed by atoms with Crippen LogP contribution in [0.3, 0.4) is 0 Å². The molecule has 0 atom stereocenters. The van der Waals surface area contributed by atoms with Crippen LogP contribution in [0.5, 0.6) is 0 Å². The zero-order valence-electron chi connectivity index (χ0n) is 17.2. The first kappa shape index (κ1) is 19.6. The molecule has 0 saturated carbocycles. The Morgan fingerprint density at radius 3 is 2.60 bits per heavy atom. The van der Waals surface area contributed by atoms with Crippen molar-refractivity contribution >= 4 is 33.2 Å². The van der Waals surface area contributed by atoms with Crippen molar-refractivity contribution in [2.75, 3.05) is 63.1 Å². The minimum Gasteiger partial charge on any atom is -0.378 e.